The van der Waals surface area contributed by atoms with E-state index in [1.807, 2.05) is 6.92 Å². The molecule has 160 valence electrons. The number of anilines is 1. The lowest BCUT2D eigenvalue weighted by Crippen LogP contribution is -2.29. The molecule has 1 heterocycles. The number of para-hydroxylation sites is 1. The molecule has 1 N–H and O–H groups in total. The molecule has 3 rings (SSSR count). The fourth-order valence-electron chi connectivity index (χ4n) is 4.21. The van der Waals surface area contributed by atoms with Crippen LogP contribution >= 0.6 is 0 Å². The highest BCUT2D eigenvalue weighted by molar-refractivity contribution is 5.59. The monoisotopic (exact) mass is 394 g/mol. The van der Waals surface area contributed by atoms with Gasteiger partial charge in [-0.25, -0.2) is 0 Å². The van der Waals surface area contributed by atoms with Crippen molar-refractivity contribution in [1.82, 2.24) is 5.32 Å². The van der Waals surface area contributed by atoms with Crippen LogP contribution in [0.4, 0.5) is 5.69 Å². The van der Waals surface area contributed by atoms with Gasteiger partial charge in [0.15, 0.2) is 0 Å². The van der Waals surface area contributed by atoms with Crippen LogP contribution < -0.4 is 10.2 Å². The molecule has 0 bridgehead atoms. The van der Waals surface area contributed by atoms with Crippen molar-refractivity contribution in [3.63, 3.8) is 0 Å². The predicted molar refractivity (Wildman–Crippen MR) is 129 cm³/mol. The molecule has 0 saturated heterocycles. The van der Waals surface area contributed by atoms with Crippen molar-refractivity contribution in [2.45, 2.75) is 72.1 Å². The molecular weight excluding hydrogens is 352 g/mol. The zero-order valence-electron chi connectivity index (χ0n) is 19.1. The second-order valence-electron chi connectivity index (χ2n) is 9.07. The maximum atomic E-state index is 4.28. The van der Waals surface area contributed by atoms with E-state index in [2.05, 4.69) is 68.1 Å². The minimum Gasteiger partial charge on any atom is -0.389 e. The summed E-state index contributed by atoms with van der Waals surface area (Å²) < 4.78 is 0. The molecule has 0 radical (unpaired) electrons. The van der Waals surface area contributed by atoms with Gasteiger partial charge in [-0.1, -0.05) is 69.7 Å². The summed E-state index contributed by atoms with van der Waals surface area (Å²) in [7, 11) is 0. The first kappa shape index (κ1) is 23.3. The summed E-state index contributed by atoms with van der Waals surface area (Å²) in [5, 5.41) is 3.32. The van der Waals surface area contributed by atoms with Crippen molar-refractivity contribution in [1.29, 1.82) is 0 Å². The standard InChI is InChI=1S/C17H23N.C10H19N/c1-13(2)14(3)12-15(4)18-11-7-9-16-8-5-6-10-17(16)18;1-9(2)11-8-10-6-4-3-5-7-10/h5-6,8,10,14H,1,4,7,9,11-12H2,2-3H3;10-11H,1,3-8H2,2H3. The van der Waals surface area contributed by atoms with Gasteiger partial charge in [-0.3, -0.25) is 0 Å². The molecule has 0 spiro atoms. The molecule has 29 heavy (non-hydrogen) atoms. The quantitative estimate of drug-likeness (QED) is 0.490. The Hall–Kier alpha value is -1.96. The second kappa shape index (κ2) is 11.9. The van der Waals surface area contributed by atoms with Crippen LogP contribution in [0.5, 0.6) is 0 Å². The molecule has 1 aliphatic heterocycles. The van der Waals surface area contributed by atoms with Crippen molar-refractivity contribution in [3.8, 4) is 0 Å². The van der Waals surface area contributed by atoms with Crippen LogP contribution in [0.3, 0.4) is 0 Å². The number of rotatable bonds is 7. The van der Waals surface area contributed by atoms with Crippen LogP contribution in [0, 0.1) is 11.8 Å². The van der Waals surface area contributed by atoms with Gasteiger partial charge in [-0.15, -0.1) is 0 Å². The van der Waals surface area contributed by atoms with Crippen LogP contribution in [0.1, 0.15) is 71.3 Å². The van der Waals surface area contributed by atoms with Crippen LogP contribution in [0.2, 0.25) is 0 Å². The van der Waals surface area contributed by atoms with Gasteiger partial charge in [0.2, 0.25) is 0 Å². The van der Waals surface area contributed by atoms with Crippen molar-refractivity contribution >= 4 is 5.69 Å². The predicted octanol–water partition coefficient (Wildman–Crippen LogP) is 7.25. The molecule has 0 amide bonds. The largest absolute Gasteiger partial charge is 0.389 e. The van der Waals surface area contributed by atoms with Gasteiger partial charge in [-0.2, -0.15) is 0 Å². The van der Waals surface area contributed by atoms with E-state index in [1.54, 1.807) is 0 Å². The van der Waals surface area contributed by atoms with E-state index in [1.165, 1.54) is 67.5 Å². The molecule has 1 atom stereocenters. The Morgan fingerprint density at radius 3 is 2.41 bits per heavy atom. The zero-order valence-corrected chi connectivity index (χ0v) is 19.1. The minimum absolute atomic E-state index is 0.506. The molecule has 2 nitrogen and oxygen atoms in total. The minimum atomic E-state index is 0.506. The summed E-state index contributed by atoms with van der Waals surface area (Å²) in [6.45, 7) is 20.8. The third-order valence-electron chi connectivity index (χ3n) is 6.29. The summed E-state index contributed by atoms with van der Waals surface area (Å²) >= 11 is 0. The topological polar surface area (TPSA) is 15.3 Å². The Labute approximate surface area is 179 Å². The average molecular weight is 395 g/mol. The van der Waals surface area contributed by atoms with E-state index < -0.39 is 0 Å². The van der Waals surface area contributed by atoms with Crippen LogP contribution in [0.15, 0.2) is 61.0 Å². The number of hydrogen-bond donors (Lipinski definition) is 1. The van der Waals surface area contributed by atoms with Gasteiger partial charge in [-0.05, 0) is 69.4 Å². The number of hydrogen-bond acceptors (Lipinski definition) is 2. The van der Waals surface area contributed by atoms with Gasteiger partial charge in [0, 0.05) is 30.2 Å². The number of benzene rings is 1. The van der Waals surface area contributed by atoms with Gasteiger partial charge < -0.3 is 10.2 Å². The average Bonchev–Trinajstić information content (AvgIpc) is 2.73. The normalized spacial score (nSPS) is 17.4. The molecule has 1 aliphatic carbocycles. The third kappa shape index (κ3) is 7.76. The second-order valence-corrected chi connectivity index (χ2v) is 9.07. The number of nitrogens with zero attached hydrogens (tertiary/aromatic N) is 1. The Kier molecular flexibility index (Phi) is 9.57. The fourth-order valence-corrected chi connectivity index (χ4v) is 4.21. The SMILES string of the molecule is C=C(C)C(C)CC(=C)N1CCCc2ccccc21.C=C(C)NCC1CCCCC1. The van der Waals surface area contributed by atoms with E-state index in [-0.39, 0.29) is 0 Å². The maximum absolute atomic E-state index is 4.28. The summed E-state index contributed by atoms with van der Waals surface area (Å²) in [5.74, 6) is 1.42. The number of allylic oxidation sites excluding steroid dienone is 3. The molecule has 1 aromatic rings. The van der Waals surface area contributed by atoms with E-state index in [4.69, 9.17) is 0 Å². The number of fused-ring (bicyclic) bond motifs is 1. The molecular formula is C27H42N2. The third-order valence-corrected chi connectivity index (χ3v) is 6.29. The van der Waals surface area contributed by atoms with Crippen molar-refractivity contribution in [2.75, 3.05) is 18.0 Å². The summed E-state index contributed by atoms with van der Waals surface area (Å²) in [6, 6.07) is 8.69. The first-order valence-electron chi connectivity index (χ1n) is 11.5. The van der Waals surface area contributed by atoms with Gasteiger partial charge in [0.1, 0.15) is 0 Å². The molecule has 1 saturated carbocycles. The van der Waals surface area contributed by atoms with Crippen molar-refractivity contribution in [2.24, 2.45) is 11.8 Å². The smallest absolute Gasteiger partial charge is 0.0440 e. The van der Waals surface area contributed by atoms with Crippen LogP contribution in [0.25, 0.3) is 0 Å². The fraction of sp³-hybridized carbons (Fsp3) is 0.556. The molecule has 0 aromatic heterocycles. The summed E-state index contributed by atoms with van der Waals surface area (Å²) in [6.07, 6.45) is 10.6. The Balaban J connectivity index is 0.000000234. The first-order chi connectivity index (χ1) is 13.9. The summed E-state index contributed by atoms with van der Waals surface area (Å²) in [4.78, 5) is 2.39. The lowest BCUT2D eigenvalue weighted by Gasteiger charge is -2.33. The number of nitrogens with one attached hydrogen (secondary N) is 1. The highest BCUT2D eigenvalue weighted by Crippen LogP contribution is 2.31. The van der Waals surface area contributed by atoms with E-state index in [0.29, 0.717) is 5.92 Å². The van der Waals surface area contributed by atoms with Crippen LogP contribution in [-0.2, 0) is 6.42 Å². The molecule has 1 fully saturated rings. The molecule has 2 heteroatoms. The van der Waals surface area contributed by atoms with Gasteiger partial charge >= 0.3 is 0 Å². The number of aryl methyl sites for hydroxylation is 1. The highest BCUT2D eigenvalue weighted by Gasteiger charge is 2.19. The van der Waals surface area contributed by atoms with E-state index >= 15 is 0 Å². The van der Waals surface area contributed by atoms with Crippen molar-refractivity contribution in [3.05, 3.63) is 66.5 Å². The molecule has 2 aliphatic rings. The van der Waals surface area contributed by atoms with Crippen LogP contribution in [-0.4, -0.2) is 13.1 Å². The first-order valence-corrected chi connectivity index (χ1v) is 11.5. The summed E-state index contributed by atoms with van der Waals surface area (Å²) in [5.41, 5.74) is 6.37. The maximum Gasteiger partial charge on any atom is 0.0440 e. The Bertz CT molecular complexity index is 682. The lowest BCUT2D eigenvalue weighted by molar-refractivity contribution is 0.351. The Morgan fingerprint density at radius 1 is 1.07 bits per heavy atom. The molecule has 1 aromatic carbocycles. The van der Waals surface area contributed by atoms with E-state index in [9.17, 15) is 0 Å². The zero-order chi connectivity index (χ0) is 21.2. The van der Waals surface area contributed by atoms with Crippen molar-refractivity contribution < 1.29 is 0 Å². The lowest BCUT2D eigenvalue weighted by atomic mass is 9.89. The van der Waals surface area contributed by atoms with Gasteiger partial charge in [0.05, 0.1) is 0 Å². The van der Waals surface area contributed by atoms with Gasteiger partial charge in [0.25, 0.3) is 0 Å². The van der Waals surface area contributed by atoms with E-state index in [0.717, 1.165) is 31.1 Å². The highest BCUT2D eigenvalue weighted by atomic mass is 15.1. The Morgan fingerprint density at radius 2 is 1.76 bits per heavy atom. The molecule has 1 unspecified atom stereocenters.